The molecule has 5 heteroatoms. The summed E-state index contributed by atoms with van der Waals surface area (Å²) in [5, 5.41) is 9.81. The molecule has 0 saturated carbocycles. The molecule has 4 nitrogen and oxygen atoms in total. The summed E-state index contributed by atoms with van der Waals surface area (Å²) in [6.45, 7) is 10.2. The summed E-state index contributed by atoms with van der Waals surface area (Å²) < 4.78 is 5.62. The van der Waals surface area contributed by atoms with E-state index in [1.165, 1.54) is 11.8 Å². The number of ether oxygens (including phenoxy) is 1. The van der Waals surface area contributed by atoms with Gasteiger partial charge in [-0.05, 0) is 46.2 Å². The quantitative estimate of drug-likeness (QED) is 0.663. The Balaban J connectivity index is 2.75. The lowest BCUT2D eigenvalue weighted by Crippen LogP contribution is -2.20. The van der Waals surface area contributed by atoms with Crippen LogP contribution in [-0.2, 0) is 4.74 Å². The van der Waals surface area contributed by atoms with Crippen LogP contribution in [0.15, 0.2) is 11.1 Å². The minimum atomic E-state index is -0.927. The Bertz CT molecular complexity index is 466. The topological polar surface area (TPSA) is 59.4 Å². The van der Waals surface area contributed by atoms with Gasteiger partial charge >= 0.3 is 5.97 Å². The van der Waals surface area contributed by atoms with Crippen LogP contribution in [0.2, 0.25) is 0 Å². The van der Waals surface area contributed by atoms with E-state index in [-0.39, 0.29) is 5.60 Å². The van der Waals surface area contributed by atoms with E-state index >= 15 is 0 Å². The lowest BCUT2D eigenvalue weighted by Gasteiger charge is -2.19. The van der Waals surface area contributed by atoms with Crippen LogP contribution in [0.3, 0.4) is 0 Å². The molecule has 0 aromatic carbocycles. The predicted octanol–water partition coefficient (Wildman–Crippen LogP) is 3.30. The van der Waals surface area contributed by atoms with Crippen molar-refractivity contribution in [2.45, 2.75) is 45.2 Å². The van der Waals surface area contributed by atoms with Crippen LogP contribution >= 0.6 is 11.8 Å². The third-order valence-electron chi connectivity index (χ3n) is 2.38. The second-order valence-corrected chi connectivity index (χ2v) is 6.46. The summed E-state index contributed by atoms with van der Waals surface area (Å²) >= 11 is 1.43. The van der Waals surface area contributed by atoms with Crippen molar-refractivity contribution >= 4 is 17.7 Å². The van der Waals surface area contributed by atoms with Crippen LogP contribution in [0.4, 0.5) is 0 Å². The van der Waals surface area contributed by atoms with Crippen molar-refractivity contribution in [2.24, 2.45) is 0 Å². The highest BCUT2D eigenvalue weighted by atomic mass is 32.2. The van der Waals surface area contributed by atoms with Gasteiger partial charge in [-0.15, -0.1) is 11.8 Å². The fraction of sp³-hybridized carbons (Fsp3) is 0.571. The van der Waals surface area contributed by atoms with Crippen LogP contribution in [0.25, 0.3) is 0 Å². The molecule has 19 heavy (non-hydrogen) atoms. The SMILES string of the molecule is Cc1cc(C)c(C(=O)O)c(SCCOC(C)(C)C)n1. The van der Waals surface area contributed by atoms with Gasteiger partial charge in [0.05, 0.1) is 17.8 Å². The first kappa shape index (κ1) is 16.0. The van der Waals surface area contributed by atoms with Crippen LogP contribution < -0.4 is 0 Å². The number of nitrogens with zero attached hydrogens (tertiary/aromatic N) is 1. The number of carboxylic acids is 1. The Hall–Kier alpha value is -1.07. The molecule has 0 aliphatic rings. The van der Waals surface area contributed by atoms with Crippen LogP contribution in [0, 0.1) is 13.8 Å². The maximum absolute atomic E-state index is 11.3. The first-order chi connectivity index (χ1) is 8.70. The highest BCUT2D eigenvalue weighted by Crippen LogP contribution is 2.24. The number of aryl methyl sites for hydroxylation is 2. The number of rotatable bonds is 5. The molecular weight excluding hydrogens is 262 g/mol. The number of hydrogen-bond acceptors (Lipinski definition) is 4. The molecule has 0 atom stereocenters. The number of aromatic nitrogens is 1. The van der Waals surface area contributed by atoms with Crippen molar-refractivity contribution in [1.29, 1.82) is 0 Å². The summed E-state index contributed by atoms with van der Waals surface area (Å²) in [5.74, 6) is -0.239. The van der Waals surface area contributed by atoms with E-state index in [0.29, 0.717) is 22.9 Å². The van der Waals surface area contributed by atoms with E-state index in [1.54, 1.807) is 13.0 Å². The molecule has 106 valence electrons. The number of thioether (sulfide) groups is 1. The maximum atomic E-state index is 11.3. The summed E-state index contributed by atoms with van der Waals surface area (Å²) in [6, 6.07) is 1.79. The van der Waals surface area contributed by atoms with Crippen molar-refractivity contribution in [1.82, 2.24) is 4.98 Å². The maximum Gasteiger partial charge on any atom is 0.338 e. The van der Waals surface area contributed by atoms with Crippen molar-refractivity contribution in [2.75, 3.05) is 12.4 Å². The van der Waals surface area contributed by atoms with Gasteiger partial charge in [0.1, 0.15) is 5.03 Å². The second-order valence-electron chi connectivity index (χ2n) is 5.38. The van der Waals surface area contributed by atoms with Crippen molar-refractivity contribution in [3.05, 3.63) is 22.9 Å². The molecule has 0 bridgehead atoms. The Morgan fingerprint density at radius 3 is 2.58 bits per heavy atom. The molecule has 0 radical (unpaired) electrons. The minimum Gasteiger partial charge on any atom is -0.478 e. The third kappa shape index (κ3) is 5.20. The summed E-state index contributed by atoms with van der Waals surface area (Å²) in [6.07, 6.45) is 0. The molecule has 0 saturated heterocycles. The fourth-order valence-electron chi connectivity index (χ4n) is 1.65. The van der Waals surface area contributed by atoms with Gasteiger partial charge in [0.25, 0.3) is 0 Å². The average Bonchev–Trinajstić information content (AvgIpc) is 2.21. The lowest BCUT2D eigenvalue weighted by molar-refractivity contribution is 0.00692. The number of carboxylic acid groups (broad SMARTS) is 1. The molecular formula is C14H21NO3S. The van der Waals surface area contributed by atoms with Crippen molar-refractivity contribution in [3.8, 4) is 0 Å². The molecule has 1 N–H and O–H groups in total. The number of carbonyl (C=O) groups is 1. The van der Waals surface area contributed by atoms with Gasteiger partial charge in [0, 0.05) is 11.4 Å². The van der Waals surface area contributed by atoms with Crippen LogP contribution in [0.1, 0.15) is 42.4 Å². The van der Waals surface area contributed by atoms with E-state index in [0.717, 1.165) is 11.3 Å². The standard InChI is InChI=1S/C14H21NO3S/c1-9-8-10(2)15-12(11(9)13(16)17)19-7-6-18-14(3,4)5/h8H,6-7H2,1-5H3,(H,16,17). The Labute approximate surface area is 118 Å². The van der Waals surface area contributed by atoms with Gasteiger partial charge < -0.3 is 9.84 Å². The number of pyridine rings is 1. The van der Waals surface area contributed by atoms with Gasteiger partial charge in [-0.1, -0.05) is 0 Å². The first-order valence-electron chi connectivity index (χ1n) is 6.19. The van der Waals surface area contributed by atoms with E-state index in [9.17, 15) is 9.90 Å². The van der Waals surface area contributed by atoms with Gasteiger partial charge in [-0.25, -0.2) is 9.78 Å². The number of aromatic carboxylic acids is 1. The fourth-order valence-corrected chi connectivity index (χ4v) is 2.61. The highest BCUT2D eigenvalue weighted by molar-refractivity contribution is 7.99. The zero-order chi connectivity index (χ0) is 14.6. The molecule has 0 aliphatic carbocycles. The molecule has 0 fully saturated rings. The lowest BCUT2D eigenvalue weighted by atomic mass is 10.1. The largest absolute Gasteiger partial charge is 0.478 e. The van der Waals surface area contributed by atoms with Crippen LogP contribution in [0.5, 0.6) is 0 Å². The normalized spacial score (nSPS) is 11.6. The van der Waals surface area contributed by atoms with Gasteiger partial charge in [-0.3, -0.25) is 0 Å². The average molecular weight is 283 g/mol. The molecule has 1 aromatic heterocycles. The summed E-state index contributed by atoms with van der Waals surface area (Å²) in [4.78, 5) is 15.6. The van der Waals surface area contributed by atoms with Crippen molar-refractivity contribution < 1.29 is 14.6 Å². The van der Waals surface area contributed by atoms with E-state index < -0.39 is 5.97 Å². The zero-order valence-corrected chi connectivity index (χ0v) is 12.9. The van der Waals surface area contributed by atoms with E-state index in [2.05, 4.69) is 4.98 Å². The Kier molecular flexibility index (Phi) is 5.38. The minimum absolute atomic E-state index is 0.174. The van der Waals surface area contributed by atoms with Crippen LogP contribution in [-0.4, -0.2) is 34.0 Å². The molecule has 1 heterocycles. The first-order valence-corrected chi connectivity index (χ1v) is 7.17. The van der Waals surface area contributed by atoms with E-state index in [1.807, 2.05) is 27.7 Å². The molecule has 0 amide bonds. The molecule has 0 aliphatic heterocycles. The molecule has 1 rings (SSSR count). The van der Waals surface area contributed by atoms with Gasteiger partial charge in [0.15, 0.2) is 0 Å². The number of hydrogen-bond donors (Lipinski definition) is 1. The van der Waals surface area contributed by atoms with Gasteiger partial charge in [-0.2, -0.15) is 0 Å². The molecule has 0 spiro atoms. The predicted molar refractivity (Wildman–Crippen MR) is 77.1 cm³/mol. The third-order valence-corrected chi connectivity index (χ3v) is 3.32. The Morgan fingerprint density at radius 2 is 2.05 bits per heavy atom. The summed E-state index contributed by atoms with van der Waals surface area (Å²) in [5.41, 5.74) is 1.71. The highest BCUT2D eigenvalue weighted by Gasteiger charge is 2.16. The monoisotopic (exact) mass is 283 g/mol. The van der Waals surface area contributed by atoms with Crippen molar-refractivity contribution in [3.63, 3.8) is 0 Å². The molecule has 1 aromatic rings. The molecule has 0 unspecified atom stereocenters. The summed E-state index contributed by atoms with van der Waals surface area (Å²) in [7, 11) is 0. The Morgan fingerprint density at radius 1 is 1.42 bits per heavy atom. The van der Waals surface area contributed by atoms with Gasteiger partial charge in [0.2, 0.25) is 0 Å². The van der Waals surface area contributed by atoms with E-state index in [4.69, 9.17) is 4.74 Å². The second kappa shape index (κ2) is 6.39. The zero-order valence-electron chi connectivity index (χ0n) is 12.1. The smallest absolute Gasteiger partial charge is 0.338 e.